The number of hydrogen-bond donors (Lipinski definition) is 0. The molecule has 124 valence electrons. The van der Waals surface area contributed by atoms with Gasteiger partial charge < -0.3 is 23.7 Å². The van der Waals surface area contributed by atoms with Crippen LogP contribution in [0.1, 0.15) is 47.0 Å². The van der Waals surface area contributed by atoms with Gasteiger partial charge in [0.05, 0.1) is 6.61 Å². The van der Waals surface area contributed by atoms with E-state index in [9.17, 15) is 4.79 Å². The van der Waals surface area contributed by atoms with Crippen LogP contribution in [0.3, 0.4) is 0 Å². The number of hydrogen-bond acceptors (Lipinski definition) is 6. The van der Waals surface area contributed by atoms with Crippen molar-refractivity contribution >= 4 is 5.78 Å². The summed E-state index contributed by atoms with van der Waals surface area (Å²) in [6.07, 6.45) is 1.07. The molecule has 0 N–H and O–H groups in total. The predicted molar refractivity (Wildman–Crippen MR) is 74.9 cm³/mol. The fourth-order valence-electron chi connectivity index (χ4n) is 4.22. The molecule has 1 saturated carbocycles. The summed E-state index contributed by atoms with van der Waals surface area (Å²) in [5.41, 5.74) is 0. The molecule has 22 heavy (non-hydrogen) atoms. The lowest BCUT2D eigenvalue weighted by Crippen LogP contribution is -2.51. The number of carbonyl (C=O) groups is 1. The molecule has 5 atom stereocenters. The number of Topliss-reactive ketones (excluding diaryl/α,β-unsaturated/α-hetero) is 1. The third-order valence-electron chi connectivity index (χ3n) is 5.04. The summed E-state index contributed by atoms with van der Waals surface area (Å²) < 4.78 is 30.4. The SMILES string of the molecule is CC1(C)OC[C@@H]2O[C@@]3(C4CCC(=O)C4)OC(C)(C)O[C@H]3[C@@H]2O1. The van der Waals surface area contributed by atoms with E-state index in [1.54, 1.807) is 0 Å². The smallest absolute Gasteiger partial charge is 0.204 e. The van der Waals surface area contributed by atoms with Crippen LogP contribution in [-0.2, 0) is 28.5 Å². The van der Waals surface area contributed by atoms with Gasteiger partial charge in [-0.1, -0.05) is 0 Å². The quantitative estimate of drug-likeness (QED) is 0.735. The minimum Gasteiger partial charge on any atom is -0.348 e. The number of rotatable bonds is 1. The zero-order valence-corrected chi connectivity index (χ0v) is 13.6. The van der Waals surface area contributed by atoms with E-state index in [1.165, 1.54) is 0 Å². The number of carbonyl (C=O) groups excluding carboxylic acids is 1. The predicted octanol–water partition coefficient (Wildman–Crippen LogP) is 1.75. The van der Waals surface area contributed by atoms with Gasteiger partial charge in [-0.2, -0.15) is 0 Å². The molecule has 1 aliphatic carbocycles. The summed E-state index contributed by atoms with van der Waals surface area (Å²) in [5.74, 6) is -2.02. The molecule has 0 radical (unpaired) electrons. The van der Waals surface area contributed by atoms with Gasteiger partial charge in [-0.15, -0.1) is 0 Å². The molecule has 0 bridgehead atoms. The van der Waals surface area contributed by atoms with E-state index in [1.807, 2.05) is 27.7 Å². The lowest BCUT2D eigenvalue weighted by molar-refractivity contribution is -0.332. The van der Waals surface area contributed by atoms with Gasteiger partial charge in [0, 0.05) is 18.8 Å². The van der Waals surface area contributed by atoms with Gasteiger partial charge in [-0.05, 0) is 34.1 Å². The maximum absolute atomic E-state index is 11.8. The summed E-state index contributed by atoms with van der Waals surface area (Å²) in [7, 11) is 0. The van der Waals surface area contributed by atoms with Crippen molar-refractivity contribution in [2.45, 2.75) is 82.6 Å². The number of fused-ring (bicyclic) bond motifs is 3. The Bertz CT molecular complexity index is 501. The maximum atomic E-state index is 11.8. The summed E-state index contributed by atoms with van der Waals surface area (Å²) >= 11 is 0. The average molecular weight is 312 g/mol. The van der Waals surface area contributed by atoms with Crippen molar-refractivity contribution in [3.63, 3.8) is 0 Å². The van der Waals surface area contributed by atoms with E-state index in [4.69, 9.17) is 23.7 Å². The van der Waals surface area contributed by atoms with E-state index >= 15 is 0 Å². The van der Waals surface area contributed by atoms with Crippen molar-refractivity contribution in [1.29, 1.82) is 0 Å². The summed E-state index contributed by atoms with van der Waals surface area (Å²) in [6.45, 7) is 8.00. The molecule has 3 aliphatic heterocycles. The normalized spacial score (nSPS) is 49.2. The number of ether oxygens (including phenoxy) is 5. The molecule has 1 unspecified atom stereocenters. The fourth-order valence-corrected chi connectivity index (χ4v) is 4.22. The van der Waals surface area contributed by atoms with Crippen LogP contribution in [0.2, 0.25) is 0 Å². The highest BCUT2D eigenvalue weighted by molar-refractivity contribution is 5.80. The first-order valence-electron chi connectivity index (χ1n) is 8.10. The summed E-state index contributed by atoms with van der Waals surface area (Å²) in [4.78, 5) is 11.8. The average Bonchev–Trinajstić information content (AvgIpc) is 3.00. The minimum absolute atomic E-state index is 0.0177. The topological polar surface area (TPSA) is 63.2 Å². The van der Waals surface area contributed by atoms with Crippen LogP contribution in [0, 0.1) is 5.92 Å². The lowest BCUT2D eigenvalue weighted by atomic mass is 9.90. The lowest BCUT2D eigenvalue weighted by Gasteiger charge is -2.38. The molecule has 6 nitrogen and oxygen atoms in total. The van der Waals surface area contributed by atoms with E-state index < -0.39 is 17.4 Å². The Morgan fingerprint density at radius 1 is 1.05 bits per heavy atom. The Labute approximate surface area is 130 Å². The minimum atomic E-state index is -0.894. The van der Waals surface area contributed by atoms with E-state index in [0.717, 1.165) is 6.42 Å². The zero-order valence-electron chi connectivity index (χ0n) is 13.6. The van der Waals surface area contributed by atoms with Gasteiger partial charge >= 0.3 is 0 Å². The van der Waals surface area contributed by atoms with Gasteiger partial charge in [0.2, 0.25) is 5.79 Å². The van der Waals surface area contributed by atoms with E-state index in [2.05, 4.69) is 0 Å². The zero-order chi connectivity index (χ0) is 15.8. The molecule has 0 aromatic rings. The van der Waals surface area contributed by atoms with Crippen molar-refractivity contribution in [3.8, 4) is 0 Å². The Hall–Kier alpha value is -0.530. The third kappa shape index (κ3) is 2.16. The Balaban J connectivity index is 1.68. The largest absolute Gasteiger partial charge is 0.348 e. The van der Waals surface area contributed by atoms with Crippen LogP contribution in [0.15, 0.2) is 0 Å². The van der Waals surface area contributed by atoms with E-state index in [-0.39, 0.29) is 30.0 Å². The van der Waals surface area contributed by atoms with Crippen molar-refractivity contribution in [1.82, 2.24) is 0 Å². The Morgan fingerprint density at radius 2 is 1.82 bits per heavy atom. The molecule has 4 aliphatic rings. The van der Waals surface area contributed by atoms with Crippen LogP contribution in [-0.4, -0.2) is 48.1 Å². The van der Waals surface area contributed by atoms with Crippen LogP contribution in [0.4, 0.5) is 0 Å². The van der Waals surface area contributed by atoms with Gasteiger partial charge in [0.1, 0.15) is 24.1 Å². The highest BCUT2D eigenvalue weighted by Crippen LogP contribution is 2.54. The van der Waals surface area contributed by atoms with Gasteiger partial charge in [0.15, 0.2) is 11.6 Å². The second-order valence-corrected chi connectivity index (χ2v) is 7.69. The molecule has 0 aromatic carbocycles. The first kappa shape index (κ1) is 15.0. The van der Waals surface area contributed by atoms with Crippen molar-refractivity contribution in [3.05, 3.63) is 0 Å². The molecule has 0 spiro atoms. The number of ketones is 1. The fraction of sp³-hybridized carbons (Fsp3) is 0.938. The van der Waals surface area contributed by atoms with Crippen molar-refractivity contribution in [2.24, 2.45) is 5.92 Å². The monoisotopic (exact) mass is 312 g/mol. The molecule has 0 aromatic heterocycles. The second-order valence-electron chi connectivity index (χ2n) is 7.69. The van der Waals surface area contributed by atoms with E-state index in [0.29, 0.717) is 19.4 Å². The van der Waals surface area contributed by atoms with Crippen molar-refractivity contribution in [2.75, 3.05) is 6.61 Å². The van der Waals surface area contributed by atoms with Crippen molar-refractivity contribution < 1.29 is 28.5 Å². The van der Waals surface area contributed by atoms with Crippen LogP contribution >= 0.6 is 0 Å². The Morgan fingerprint density at radius 3 is 2.50 bits per heavy atom. The molecule has 3 saturated heterocycles. The second kappa shape index (κ2) is 4.51. The van der Waals surface area contributed by atoms with Crippen LogP contribution < -0.4 is 0 Å². The van der Waals surface area contributed by atoms with Gasteiger partial charge in [-0.25, -0.2) is 0 Å². The molecule has 4 fully saturated rings. The summed E-state index contributed by atoms with van der Waals surface area (Å²) in [6, 6.07) is 0. The third-order valence-corrected chi connectivity index (χ3v) is 5.04. The molecule has 4 rings (SSSR count). The molecule has 6 heteroatoms. The van der Waals surface area contributed by atoms with Gasteiger partial charge in [-0.3, -0.25) is 4.79 Å². The van der Waals surface area contributed by atoms with Gasteiger partial charge in [0.25, 0.3) is 0 Å². The molecular formula is C16H24O6. The Kier molecular flexibility index (Phi) is 3.08. The highest BCUT2D eigenvalue weighted by Gasteiger charge is 2.70. The molecule has 3 heterocycles. The first-order chi connectivity index (χ1) is 10.2. The highest BCUT2D eigenvalue weighted by atomic mass is 16.9. The maximum Gasteiger partial charge on any atom is 0.204 e. The van der Waals surface area contributed by atoms with Crippen LogP contribution in [0.25, 0.3) is 0 Å². The van der Waals surface area contributed by atoms with Crippen LogP contribution in [0.5, 0.6) is 0 Å². The summed E-state index contributed by atoms with van der Waals surface area (Å²) in [5, 5.41) is 0. The standard InChI is InChI=1S/C16H24O6/c1-14(2)18-8-11-12(20-14)13-16(19-11,22-15(3,4)21-13)9-5-6-10(17)7-9/h9,11-13H,5-8H2,1-4H3/t9?,11-,12+,13-,16-/m0/s1. The first-order valence-corrected chi connectivity index (χ1v) is 8.10. The molecular weight excluding hydrogens is 288 g/mol. The molecule has 0 amide bonds.